The number of aryl methyl sites for hydroxylation is 1. The number of aromatic nitrogens is 3. The van der Waals surface area contributed by atoms with Crippen LogP contribution in [0.1, 0.15) is 24.5 Å². The molecule has 0 spiro atoms. The van der Waals surface area contributed by atoms with E-state index in [1.807, 2.05) is 24.6 Å². The van der Waals surface area contributed by atoms with Crippen molar-refractivity contribution in [1.29, 1.82) is 0 Å². The number of guanidine groups is 1. The summed E-state index contributed by atoms with van der Waals surface area (Å²) in [5, 5.41) is 15.1. The zero-order chi connectivity index (χ0) is 20.8. The molecule has 9 heteroatoms. The summed E-state index contributed by atoms with van der Waals surface area (Å²) in [6.45, 7) is 4.43. The Kier molecular flexibility index (Phi) is 6.79. The third-order valence-corrected chi connectivity index (χ3v) is 5.36. The molecule has 1 aromatic heterocycles. The fourth-order valence-electron chi connectivity index (χ4n) is 3.41. The zero-order valence-electron chi connectivity index (χ0n) is 17.9. The Bertz CT molecular complexity index is 819. The van der Waals surface area contributed by atoms with Crippen molar-refractivity contribution in [1.82, 2.24) is 25.4 Å². The van der Waals surface area contributed by atoms with Gasteiger partial charge in [-0.3, -0.25) is 4.99 Å². The average molecular weight is 402 g/mol. The van der Waals surface area contributed by atoms with Crippen LogP contribution in [0.4, 0.5) is 5.69 Å². The van der Waals surface area contributed by atoms with Crippen molar-refractivity contribution in [2.24, 2.45) is 12.0 Å². The summed E-state index contributed by atoms with van der Waals surface area (Å²) in [5.41, 5.74) is 1.12. The summed E-state index contributed by atoms with van der Waals surface area (Å²) in [6.07, 6.45) is 2.03. The number of hydrogen-bond acceptors (Lipinski definition) is 6. The van der Waals surface area contributed by atoms with Crippen LogP contribution in [-0.2, 0) is 13.6 Å². The quantitative estimate of drug-likeness (QED) is 0.560. The van der Waals surface area contributed by atoms with Gasteiger partial charge in [-0.15, -0.1) is 10.2 Å². The minimum Gasteiger partial charge on any atom is -0.497 e. The lowest BCUT2D eigenvalue weighted by atomic mass is 10.0. The second kappa shape index (κ2) is 9.49. The first-order valence-electron chi connectivity index (χ1n) is 9.84. The van der Waals surface area contributed by atoms with E-state index in [1.165, 1.54) is 0 Å². The Balaban J connectivity index is 1.53. The van der Waals surface area contributed by atoms with Gasteiger partial charge in [0.05, 0.1) is 20.8 Å². The van der Waals surface area contributed by atoms with Crippen LogP contribution in [0.15, 0.2) is 23.2 Å². The van der Waals surface area contributed by atoms with Crippen molar-refractivity contribution in [3.63, 3.8) is 0 Å². The van der Waals surface area contributed by atoms with E-state index in [1.54, 1.807) is 21.3 Å². The Morgan fingerprint density at radius 3 is 2.31 bits per heavy atom. The highest BCUT2D eigenvalue weighted by Crippen LogP contribution is 2.30. The lowest BCUT2D eigenvalue weighted by molar-refractivity contribution is 0.393. The predicted octanol–water partition coefficient (Wildman–Crippen LogP) is 1.47. The molecule has 1 aliphatic heterocycles. The molecule has 0 saturated carbocycles. The first-order chi connectivity index (χ1) is 14.0. The number of hydrogen-bond donors (Lipinski definition) is 2. The molecule has 0 unspecified atom stereocenters. The lowest BCUT2D eigenvalue weighted by Crippen LogP contribution is -2.48. The van der Waals surface area contributed by atoms with Gasteiger partial charge in [0.25, 0.3) is 0 Å². The largest absolute Gasteiger partial charge is 0.497 e. The van der Waals surface area contributed by atoms with E-state index >= 15 is 0 Å². The summed E-state index contributed by atoms with van der Waals surface area (Å²) >= 11 is 0. The maximum atomic E-state index is 5.40. The monoisotopic (exact) mass is 401 g/mol. The van der Waals surface area contributed by atoms with E-state index in [9.17, 15) is 0 Å². The van der Waals surface area contributed by atoms with Crippen molar-refractivity contribution in [2.45, 2.75) is 32.4 Å². The molecule has 0 radical (unpaired) electrons. The Morgan fingerprint density at radius 2 is 1.79 bits per heavy atom. The molecule has 2 aromatic rings. The van der Waals surface area contributed by atoms with Gasteiger partial charge in [-0.05, 0) is 19.8 Å². The third kappa shape index (κ3) is 5.10. The number of nitrogens with zero attached hydrogens (tertiary/aromatic N) is 5. The van der Waals surface area contributed by atoms with Gasteiger partial charge in [0.15, 0.2) is 11.8 Å². The molecule has 0 atom stereocenters. The third-order valence-electron chi connectivity index (χ3n) is 5.36. The van der Waals surface area contributed by atoms with Crippen LogP contribution in [0, 0.1) is 6.92 Å². The van der Waals surface area contributed by atoms with Crippen LogP contribution in [0.5, 0.6) is 11.5 Å². The highest BCUT2D eigenvalue weighted by atomic mass is 16.5. The first kappa shape index (κ1) is 20.8. The number of anilines is 1. The lowest BCUT2D eigenvalue weighted by Gasteiger charge is -2.34. The fraction of sp³-hybridized carbons (Fsp3) is 0.550. The fourth-order valence-corrected chi connectivity index (χ4v) is 3.41. The van der Waals surface area contributed by atoms with Gasteiger partial charge < -0.3 is 29.6 Å². The van der Waals surface area contributed by atoms with E-state index < -0.39 is 0 Å². The molecule has 1 fully saturated rings. The normalized spacial score (nSPS) is 15.3. The molecule has 2 N–H and O–H groups in total. The van der Waals surface area contributed by atoms with E-state index in [4.69, 9.17) is 9.47 Å². The number of benzene rings is 1. The van der Waals surface area contributed by atoms with Crippen LogP contribution >= 0.6 is 0 Å². The standard InChI is InChI=1S/C20H31N7O2/c1-14-24-25-19(26(14)3)13-22-20(21-2)23-15-6-8-27(9-7-15)16-10-17(28-4)12-18(11-16)29-5/h10-12,15H,6-9,13H2,1-5H3,(H2,21,22,23). The number of piperidine rings is 1. The Morgan fingerprint density at radius 1 is 1.14 bits per heavy atom. The van der Waals surface area contributed by atoms with Crippen LogP contribution < -0.4 is 25.0 Å². The second-order valence-corrected chi connectivity index (χ2v) is 7.12. The molecular formula is C20H31N7O2. The van der Waals surface area contributed by atoms with Crippen molar-refractivity contribution in [3.8, 4) is 11.5 Å². The van der Waals surface area contributed by atoms with Gasteiger partial charge in [-0.2, -0.15) is 0 Å². The molecule has 0 aliphatic carbocycles. The molecule has 9 nitrogen and oxygen atoms in total. The minimum atomic E-state index is 0.367. The van der Waals surface area contributed by atoms with Gasteiger partial charge in [-0.1, -0.05) is 0 Å². The maximum Gasteiger partial charge on any atom is 0.191 e. The van der Waals surface area contributed by atoms with E-state index in [0.29, 0.717) is 12.6 Å². The summed E-state index contributed by atoms with van der Waals surface area (Å²) in [7, 11) is 7.10. The molecule has 1 aliphatic rings. The number of methoxy groups -OCH3 is 2. The smallest absolute Gasteiger partial charge is 0.191 e. The van der Waals surface area contributed by atoms with E-state index in [2.05, 4.69) is 42.9 Å². The summed E-state index contributed by atoms with van der Waals surface area (Å²) in [4.78, 5) is 6.71. The topological polar surface area (TPSA) is 88.8 Å². The van der Waals surface area contributed by atoms with Gasteiger partial charge in [0.2, 0.25) is 0 Å². The molecule has 29 heavy (non-hydrogen) atoms. The highest BCUT2D eigenvalue weighted by Gasteiger charge is 2.21. The predicted molar refractivity (Wildman–Crippen MR) is 114 cm³/mol. The van der Waals surface area contributed by atoms with E-state index in [0.717, 1.165) is 60.7 Å². The average Bonchev–Trinajstić information content (AvgIpc) is 3.08. The van der Waals surface area contributed by atoms with Gasteiger partial charge in [-0.25, -0.2) is 0 Å². The molecule has 1 saturated heterocycles. The maximum absolute atomic E-state index is 5.40. The van der Waals surface area contributed by atoms with Gasteiger partial charge in [0.1, 0.15) is 17.3 Å². The van der Waals surface area contributed by atoms with Crippen molar-refractivity contribution < 1.29 is 9.47 Å². The number of aliphatic imine (C=N–C) groups is 1. The summed E-state index contributed by atoms with van der Waals surface area (Å²) in [5.74, 6) is 4.18. The van der Waals surface area contributed by atoms with E-state index in [-0.39, 0.29) is 0 Å². The molecule has 3 rings (SSSR count). The van der Waals surface area contributed by atoms with Gasteiger partial charge in [0, 0.05) is 57.1 Å². The SMILES string of the molecule is CN=C(NCc1nnc(C)n1C)NC1CCN(c2cc(OC)cc(OC)c2)CC1. The highest BCUT2D eigenvalue weighted by molar-refractivity contribution is 5.79. The molecule has 0 bridgehead atoms. The van der Waals surface area contributed by atoms with Crippen molar-refractivity contribution in [3.05, 3.63) is 29.8 Å². The van der Waals surface area contributed by atoms with Crippen molar-refractivity contribution in [2.75, 3.05) is 39.3 Å². The molecule has 158 valence electrons. The number of rotatable bonds is 6. The van der Waals surface area contributed by atoms with Crippen LogP contribution in [0.2, 0.25) is 0 Å². The second-order valence-electron chi connectivity index (χ2n) is 7.12. The molecule has 0 amide bonds. The molecule has 1 aromatic carbocycles. The number of nitrogens with one attached hydrogen (secondary N) is 2. The van der Waals surface area contributed by atoms with Crippen LogP contribution in [-0.4, -0.2) is 61.1 Å². The van der Waals surface area contributed by atoms with Crippen LogP contribution in [0.25, 0.3) is 0 Å². The summed E-state index contributed by atoms with van der Waals surface area (Å²) in [6, 6.07) is 6.37. The van der Waals surface area contributed by atoms with Crippen molar-refractivity contribution >= 4 is 11.6 Å². The summed E-state index contributed by atoms with van der Waals surface area (Å²) < 4.78 is 12.8. The Hall–Kier alpha value is -2.97. The Labute approximate surface area is 172 Å². The number of ether oxygens (including phenoxy) is 2. The minimum absolute atomic E-state index is 0.367. The molecule has 2 heterocycles. The molecular weight excluding hydrogens is 370 g/mol. The van der Waals surface area contributed by atoms with Crippen LogP contribution in [0.3, 0.4) is 0 Å². The first-order valence-corrected chi connectivity index (χ1v) is 9.84. The van der Waals surface area contributed by atoms with Gasteiger partial charge >= 0.3 is 0 Å². The zero-order valence-corrected chi connectivity index (χ0v) is 17.9.